The molecule has 1 aliphatic heterocycles. The lowest BCUT2D eigenvalue weighted by atomic mass is 9.99. The number of hydrogen-bond acceptors (Lipinski definition) is 5. The summed E-state index contributed by atoms with van der Waals surface area (Å²) in [7, 11) is 0. The molecule has 1 aliphatic rings. The van der Waals surface area contributed by atoms with Gasteiger partial charge in [-0.25, -0.2) is 9.59 Å². The maximum absolute atomic E-state index is 12.1. The van der Waals surface area contributed by atoms with Gasteiger partial charge in [-0.2, -0.15) is 0 Å². The predicted octanol–water partition coefficient (Wildman–Crippen LogP) is -2.24. The van der Waals surface area contributed by atoms with E-state index in [1.807, 2.05) is 0 Å². The first-order chi connectivity index (χ1) is 9.55. The molecule has 10 heteroatoms. The first-order valence-corrected chi connectivity index (χ1v) is 5.99. The van der Waals surface area contributed by atoms with Gasteiger partial charge in [0.2, 0.25) is 11.8 Å². The monoisotopic (exact) mass is 300 g/mol. The fourth-order valence-electron chi connectivity index (χ4n) is 1.74. The van der Waals surface area contributed by atoms with Crippen LogP contribution in [0.15, 0.2) is 0 Å². The van der Waals surface area contributed by atoms with Crippen LogP contribution in [0.5, 0.6) is 0 Å². The van der Waals surface area contributed by atoms with Crippen LogP contribution < -0.4 is 16.4 Å². The summed E-state index contributed by atoms with van der Waals surface area (Å²) in [5, 5.41) is 13.1. The highest BCUT2D eigenvalue weighted by Gasteiger charge is 2.44. The summed E-state index contributed by atoms with van der Waals surface area (Å²) < 4.78 is 0. The van der Waals surface area contributed by atoms with E-state index in [0.29, 0.717) is 0 Å². The second kappa shape index (κ2) is 5.77. The van der Waals surface area contributed by atoms with Gasteiger partial charge in [0.1, 0.15) is 18.1 Å². The lowest BCUT2D eigenvalue weighted by Gasteiger charge is -2.40. The number of rotatable bonds is 4. The number of carboxylic acid groups (broad SMARTS) is 1. The maximum atomic E-state index is 12.1. The molecule has 1 saturated heterocycles. The van der Waals surface area contributed by atoms with Crippen molar-refractivity contribution in [2.45, 2.75) is 31.8 Å². The highest BCUT2D eigenvalue weighted by Crippen LogP contribution is 2.18. The number of nitrogens with zero attached hydrogens (tertiary/aromatic N) is 1. The summed E-state index contributed by atoms with van der Waals surface area (Å²) >= 11 is 0. The van der Waals surface area contributed by atoms with Crippen LogP contribution in [0.1, 0.15) is 20.3 Å². The number of amides is 5. The van der Waals surface area contributed by atoms with E-state index in [0.717, 1.165) is 4.90 Å². The second-order valence-electron chi connectivity index (χ2n) is 5.03. The van der Waals surface area contributed by atoms with Gasteiger partial charge in [0.05, 0.1) is 6.42 Å². The Bertz CT molecular complexity index is 515. The molecule has 0 radical (unpaired) electrons. The molecule has 0 bridgehead atoms. The van der Waals surface area contributed by atoms with Gasteiger partial charge >= 0.3 is 12.0 Å². The molecule has 0 aliphatic carbocycles. The number of hydrogen-bond donors (Lipinski definition) is 4. The zero-order chi connectivity index (χ0) is 16.4. The summed E-state index contributed by atoms with van der Waals surface area (Å²) in [6.07, 6.45) is -0.602. The van der Waals surface area contributed by atoms with Crippen LogP contribution in [0.4, 0.5) is 4.79 Å². The van der Waals surface area contributed by atoms with Crippen LogP contribution in [0.2, 0.25) is 0 Å². The number of nitrogens with two attached hydrogens (primary N) is 1. The number of nitrogens with one attached hydrogen (secondary N) is 2. The number of carbonyl (C=O) groups is 5. The normalized spacial score (nSPS) is 18.7. The zero-order valence-corrected chi connectivity index (χ0v) is 11.5. The van der Waals surface area contributed by atoms with E-state index in [1.54, 1.807) is 0 Å². The summed E-state index contributed by atoms with van der Waals surface area (Å²) in [5.41, 5.74) is 3.56. The summed E-state index contributed by atoms with van der Waals surface area (Å²) in [6, 6.07) is -2.48. The molecule has 1 atom stereocenters. The predicted molar refractivity (Wildman–Crippen MR) is 67.7 cm³/mol. The Morgan fingerprint density at radius 2 is 2.00 bits per heavy atom. The van der Waals surface area contributed by atoms with Crippen LogP contribution in [0.25, 0.3) is 0 Å². The van der Waals surface area contributed by atoms with Crippen molar-refractivity contribution < 1.29 is 29.1 Å². The van der Waals surface area contributed by atoms with Crippen molar-refractivity contribution >= 4 is 29.7 Å². The Hall–Kier alpha value is -2.65. The molecule has 0 aromatic heterocycles. The molecule has 21 heavy (non-hydrogen) atoms. The van der Waals surface area contributed by atoms with Crippen molar-refractivity contribution in [1.29, 1.82) is 0 Å². The molecular formula is C11H16N4O6. The first-order valence-electron chi connectivity index (χ1n) is 5.99. The molecule has 0 saturated carbocycles. The maximum Gasteiger partial charge on any atom is 0.326 e. The molecule has 0 spiro atoms. The van der Waals surface area contributed by atoms with Crippen molar-refractivity contribution in [3.63, 3.8) is 0 Å². The smallest absolute Gasteiger partial charge is 0.326 e. The van der Waals surface area contributed by atoms with E-state index in [4.69, 9.17) is 10.8 Å². The molecule has 116 valence electrons. The van der Waals surface area contributed by atoms with Crippen LogP contribution in [-0.4, -0.2) is 57.9 Å². The number of carbonyl (C=O) groups excluding carboxylic acids is 4. The fourth-order valence-corrected chi connectivity index (χ4v) is 1.74. The second-order valence-corrected chi connectivity index (χ2v) is 5.03. The van der Waals surface area contributed by atoms with E-state index in [1.165, 1.54) is 13.8 Å². The fraction of sp³-hybridized carbons (Fsp3) is 0.545. The Balaban J connectivity index is 2.90. The van der Waals surface area contributed by atoms with Crippen LogP contribution in [0.3, 0.4) is 0 Å². The number of piperazine rings is 1. The van der Waals surface area contributed by atoms with Crippen molar-refractivity contribution in [2.75, 3.05) is 6.54 Å². The Morgan fingerprint density at radius 1 is 1.43 bits per heavy atom. The average molecular weight is 300 g/mol. The van der Waals surface area contributed by atoms with Crippen LogP contribution >= 0.6 is 0 Å². The highest BCUT2D eigenvalue weighted by molar-refractivity contribution is 6.06. The Labute approximate surface area is 119 Å². The lowest BCUT2D eigenvalue weighted by Crippen LogP contribution is -2.67. The van der Waals surface area contributed by atoms with Crippen molar-refractivity contribution in [3.05, 3.63) is 0 Å². The molecule has 5 amide bonds. The van der Waals surface area contributed by atoms with Gasteiger partial charge in [-0.05, 0) is 13.8 Å². The third-order valence-corrected chi connectivity index (χ3v) is 3.03. The minimum atomic E-state index is -1.54. The summed E-state index contributed by atoms with van der Waals surface area (Å²) in [6.45, 7) is 2.39. The largest absolute Gasteiger partial charge is 0.480 e. The van der Waals surface area contributed by atoms with Crippen LogP contribution in [0, 0.1) is 0 Å². The van der Waals surface area contributed by atoms with Crippen molar-refractivity contribution in [2.24, 2.45) is 5.73 Å². The summed E-state index contributed by atoms with van der Waals surface area (Å²) in [5.74, 6) is -3.73. The first kappa shape index (κ1) is 16.4. The zero-order valence-electron chi connectivity index (χ0n) is 11.5. The van der Waals surface area contributed by atoms with Crippen molar-refractivity contribution in [3.8, 4) is 0 Å². The average Bonchev–Trinajstić information content (AvgIpc) is 2.32. The third-order valence-electron chi connectivity index (χ3n) is 3.03. The van der Waals surface area contributed by atoms with Gasteiger partial charge in [-0.1, -0.05) is 0 Å². The van der Waals surface area contributed by atoms with Gasteiger partial charge < -0.3 is 21.1 Å². The van der Waals surface area contributed by atoms with Gasteiger partial charge in [0, 0.05) is 0 Å². The number of primary amides is 1. The van der Waals surface area contributed by atoms with E-state index >= 15 is 0 Å². The molecule has 0 unspecified atom stereocenters. The minimum absolute atomic E-state index is 0.409. The van der Waals surface area contributed by atoms with E-state index < -0.39 is 54.3 Å². The molecule has 10 nitrogen and oxygen atoms in total. The van der Waals surface area contributed by atoms with Crippen LogP contribution in [-0.2, 0) is 19.2 Å². The number of carboxylic acids is 1. The van der Waals surface area contributed by atoms with Gasteiger partial charge in [-0.15, -0.1) is 0 Å². The summed E-state index contributed by atoms with van der Waals surface area (Å²) in [4.78, 5) is 57.7. The number of imide groups is 1. The van der Waals surface area contributed by atoms with Gasteiger partial charge in [0.15, 0.2) is 0 Å². The van der Waals surface area contributed by atoms with Crippen molar-refractivity contribution in [1.82, 2.24) is 15.5 Å². The molecule has 0 aromatic carbocycles. The third kappa shape index (κ3) is 3.68. The topological polar surface area (TPSA) is 159 Å². The highest BCUT2D eigenvalue weighted by atomic mass is 16.4. The van der Waals surface area contributed by atoms with E-state index in [-0.39, 0.29) is 0 Å². The molecule has 5 N–H and O–H groups in total. The van der Waals surface area contributed by atoms with Gasteiger partial charge in [-0.3, -0.25) is 19.7 Å². The number of aliphatic carboxylic acids is 1. The molecule has 1 heterocycles. The lowest BCUT2D eigenvalue weighted by molar-refractivity contribution is -0.143. The van der Waals surface area contributed by atoms with E-state index in [9.17, 15) is 24.0 Å². The Kier molecular flexibility index (Phi) is 4.51. The van der Waals surface area contributed by atoms with E-state index in [2.05, 4.69) is 10.6 Å². The molecule has 1 rings (SSSR count). The SMILES string of the molecule is CC1(C)C(=O)NC(=O)CN1C(=O)N[C@@H](CC(N)=O)C(=O)O. The molecule has 1 fully saturated rings. The molecular weight excluding hydrogens is 284 g/mol. The molecule has 0 aromatic rings. The Morgan fingerprint density at radius 3 is 2.48 bits per heavy atom. The number of urea groups is 1. The standard InChI is InChI=1S/C11H16N4O6/c1-11(2)9(20)14-7(17)4-15(11)10(21)13-5(8(18)19)3-6(12)16/h5H,3-4H2,1-2H3,(H2,12,16)(H,13,21)(H,18,19)(H,14,17,20)/t5-/m0/s1. The van der Waals surface area contributed by atoms with Gasteiger partial charge in [0.25, 0.3) is 5.91 Å². The minimum Gasteiger partial charge on any atom is -0.480 e. The quantitative estimate of drug-likeness (QED) is 0.430.